The minimum atomic E-state index is -0.192. The van der Waals surface area contributed by atoms with E-state index in [4.69, 9.17) is 0 Å². The molecule has 0 aliphatic heterocycles. The van der Waals surface area contributed by atoms with Crippen molar-refractivity contribution in [2.45, 2.75) is 17.9 Å². The molecule has 6 nitrogen and oxygen atoms in total. The number of H-pyrrole nitrogens is 1. The van der Waals surface area contributed by atoms with E-state index in [1.807, 2.05) is 24.3 Å². The van der Waals surface area contributed by atoms with E-state index in [0.29, 0.717) is 23.3 Å². The van der Waals surface area contributed by atoms with Crippen LogP contribution in [0.2, 0.25) is 0 Å². The summed E-state index contributed by atoms with van der Waals surface area (Å²) in [7, 11) is 1.68. The highest BCUT2D eigenvalue weighted by Crippen LogP contribution is 2.17. The van der Waals surface area contributed by atoms with Crippen LogP contribution in [0.3, 0.4) is 0 Å². The molecular weight excluding hydrogens is 360 g/mol. The molecular formula is C20H22N4O2S. The Labute approximate surface area is 162 Å². The van der Waals surface area contributed by atoms with Gasteiger partial charge in [-0.05, 0) is 36.4 Å². The summed E-state index contributed by atoms with van der Waals surface area (Å²) in [4.78, 5) is 34.2. The van der Waals surface area contributed by atoms with Crippen LogP contribution in [-0.4, -0.2) is 40.2 Å². The zero-order valence-corrected chi connectivity index (χ0v) is 16.0. The summed E-state index contributed by atoms with van der Waals surface area (Å²) in [6.07, 6.45) is 0.879. The maximum absolute atomic E-state index is 12.2. The molecule has 27 heavy (non-hydrogen) atoms. The fourth-order valence-electron chi connectivity index (χ4n) is 2.62. The number of carbonyl (C=O) groups excluding carboxylic acids is 1. The van der Waals surface area contributed by atoms with Crippen molar-refractivity contribution in [2.24, 2.45) is 0 Å². The van der Waals surface area contributed by atoms with Crippen molar-refractivity contribution in [3.63, 3.8) is 0 Å². The minimum Gasteiger partial charge on any atom is -0.338 e. The van der Waals surface area contributed by atoms with E-state index < -0.39 is 0 Å². The van der Waals surface area contributed by atoms with Gasteiger partial charge in [-0.15, -0.1) is 11.8 Å². The normalized spacial score (nSPS) is 10.7. The van der Waals surface area contributed by atoms with Crippen LogP contribution >= 0.6 is 11.8 Å². The fraction of sp³-hybridized carbons (Fsp3) is 0.250. The molecule has 2 aromatic carbocycles. The van der Waals surface area contributed by atoms with Crippen LogP contribution in [0.1, 0.15) is 12.2 Å². The Morgan fingerprint density at radius 1 is 1.15 bits per heavy atom. The van der Waals surface area contributed by atoms with Gasteiger partial charge in [0.1, 0.15) is 5.82 Å². The summed E-state index contributed by atoms with van der Waals surface area (Å²) in [6.45, 7) is 0.843. The fourth-order valence-corrected chi connectivity index (χ4v) is 3.49. The van der Waals surface area contributed by atoms with E-state index in [9.17, 15) is 9.59 Å². The minimum absolute atomic E-state index is 0.185. The van der Waals surface area contributed by atoms with Gasteiger partial charge in [0, 0.05) is 18.5 Å². The molecule has 1 aromatic heterocycles. The van der Waals surface area contributed by atoms with E-state index in [1.54, 1.807) is 37.0 Å². The zero-order valence-electron chi connectivity index (χ0n) is 15.1. The van der Waals surface area contributed by atoms with Crippen LogP contribution in [0, 0.1) is 0 Å². The first-order chi connectivity index (χ1) is 13.1. The number of rotatable bonds is 7. The maximum atomic E-state index is 12.2. The quantitative estimate of drug-likeness (QED) is 0.486. The van der Waals surface area contributed by atoms with Gasteiger partial charge in [0.15, 0.2) is 0 Å². The van der Waals surface area contributed by atoms with Gasteiger partial charge in [0.2, 0.25) is 0 Å². The Morgan fingerprint density at radius 3 is 2.70 bits per heavy atom. The number of benzene rings is 2. The number of hydrogen-bond acceptors (Lipinski definition) is 4. The van der Waals surface area contributed by atoms with Crippen LogP contribution in [0.5, 0.6) is 0 Å². The predicted molar refractivity (Wildman–Crippen MR) is 109 cm³/mol. The molecule has 0 bridgehead atoms. The molecule has 7 heteroatoms. The number of fused-ring (bicyclic) bond motifs is 1. The Hall–Kier alpha value is -2.80. The molecule has 0 atom stereocenters. The highest BCUT2D eigenvalue weighted by Gasteiger charge is 2.11. The number of aromatic amines is 1. The smallest absolute Gasteiger partial charge is 0.317 e. The summed E-state index contributed by atoms with van der Waals surface area (Å²) in [5.74, 6) is 1.41. The van der Waals surface area contributed by atoms with E-state index in [-0.39, 0.29) is 18.1 Å². The first-order valence-electron chi connectivity index (χ1n) is 8.78. The lowest BCUT2D eigenvalue weighted by atomic mass is 10.2. The highest BCUT2D eigenvalue weighted by atomic mass is 32.2. The van der Waals surface area contributed by atoms with Crippen molar-refractivity contribution >= 4 is 28.7 Å². The monoisotopic (exact) mass is 382 g/mol. The maximum Gasteiger partial charge on any atom is 0.317 e. The Morgan fingerprint density at radius 2 is 1.89 bits per heavy atom. The summed E-state index contributed by atoms with van der Waals surface area (Å²) in [5.41, 5.74) is 0.435. The molecule has 0 fully saturated rings. The van der Waals surface area contributed by atoms with Crippen LogP contribution in [0.15, 0.2) is 64.3 Å². The molecule has 2 amide bonds. The van der Waals surface area contributed by atoms with Gasteiger partial charge < -0.3 is 15.2 Å². The third kappa shape index (κ3) is 5.34. The molecule has 0 saturated carbocycles. The molecule has 0 spiro atoms. The molecule has 0 saturated heterocycles. The second-order valence-corrected chi connectivity index (χ2v) is 7.30. The molecule has 1 heterocycles. The van der Waals surface area contributed by atoms with E-state index >= 15 is 0 Å². The number of thioether (sulfide) groups is 1. The molecule has 0 aliphatic rings. The Kier molecular flexibility index (Phi) is 6.49. The van der Waals surface area contributed by atoms with Crippen molar-refractivity contribution in [1.29, 1.82) is 0 Å². The van der Waals surface area contributed by atoms with Gasteiger partial charge in [-0.2, -0.15) is 0 Å². The molecule has 3 rings (SSSR count). The molecule has 140 valence electrons. The molecule has 3 aromatic rings. The van der Waals surface area contributed by atoms with Gasteiger partial charge in [0.05, 0.1) is 17.4 Å². The lowest BCUT2D eigenvalue weighted by Crippen LogP contribution is -2.38. The van der Waals surface area contributed by atoms with E-state index in [1.165, 1.54) is 9.80 Å². The van der Waals surface area contributed by atoms with Gasteiger partial charge in [-0.3, -0.25) is 4.79 Å². The van der Waals surface area contributed by atoms with Crippen molar-refractivity contribution in [2.75, 3.05) is 19.3 Å². The second kappa shape index (κ2) is 9.23. The largest absolute Gasteiger partial charge is 0.338 e. The molecule has 2 N–H and O–H groups in total. The van der Waals surface area contributed by atoms with Crippen molar-refractivity contribution in [3.05, 3.63) is 70.8 Å². The Balaban J connectivity index is 1.46. The zero-order chi connectivity index (χ0) is 19.1. The summed E-state index contributed by atoms with van der Waals surface area (Å²) < 4.78 is 0. The number of para-hydroxylation sites is 1. The summed E-state index contributed by atoms with van der Waals surface area (Å²) >= 11 is 1.77. The summed E-state index contributed by atoms with van der Waals surface area (Å²) in [6, 6.07) is 17.2. The van der Waals surface area contributed by atoms with Crippen LogP contribution in [-0.2, 0) is 6.54 Å². The number of carbonyl (C=O) groups is 1. The standard InChI is InChI=1S/C20H22N4O2S/c1-24(14-18-22-17-11-6-5-10-16(17)19(25)23-18)20(26)21-12-7-13-27-15-8-3-2-4-9-15/h2-6,8-11H,7,12-14H2,1H3,(H,21,26)(H,22,23,25). The van der Waals surface area contributed by atoms with E-state index in [2.05, 4.69) is 27.4 Å². The van der Waals surface area contributed by atoms with Crippen LogP contribution in [0.4, 0.5) is 4.79 Å². The summed E-state index contributed by atoms with van der Waals surface area (Å²) in [5, 5.41) is 3.44. The highest BCUT2D eigenvalue weighted by molar-refractivity contribution is 7.99. The number of amides is 2. The van der Waals surface area contributed by atoms with Crippen molar-refractivity contribution in [1.82, 2.24) is 20.2 Å². The lowest BCUT2D eigenvalue weighted by Gasteiger charge is -2.17. The topological polar surface area (TPSA) is 78.1 Å². The van der Waals surface area contributed by atoms with Gasteiger partial charge >= 0.3 is 6.03 Å². The van der Waals surface area contributed by atoms with Crippen molar-refractivity contribution < 1.29 is 4.79 Å². The number of nitrogens with one attached hydrogen (secondary N) is 2. The van der Waals surface area contributed by atoms with Gasteiger partial charge in [-0.25, -0.2) is 9.78 Å². The van der Waals surface area contributed by atoms with Crippen molar-refractivity contribution in [3.8, 4) is 0 Å². The van der Waals surface area contributed by atoms with Gasteiger partial charge in [0.25, 0.3) is 5.56 Å². The van der Waals surface area contributed by atoms with Gasteiger partial charge in [-0.1, -0.05) is 30.3 Å². The SMILES string of the molecule is CN(Cc1nc2ccccc2c(=O)[nH]1)C(=O)NCCCSc1ccccc1. The van der Waals surface area contributed by atoms with Crippen LogP contribution < -0.4 is 10.9 Å². The third-order valence-corrected chi connectivity index (χ3v) is 5.10. The van der Waals surface area contributed by atoms with E-state index in [0.717, 1.165) is 12.2 Å². The number of nitrogens with zero attached hydrogens (tertiary/aromatic N) is 2. The number of aromatic nitrogens is 2. The number of hydrogen-bond donors (Lipinski definition) is 2. The predicted octanol–water partition coefficient (Wildman–Crippen LogP) is 3.25. The first kappa shape index (κ1) is 19.0. The average Bonchev–Trinajstić information content (AvgIpc) is 2.68. The number of urea groups is 1. The second-order valence-electron chi connectivity index (χ2n) is 6.13. The van der Waals surface area contributed by atoms with Crippen LogP contribution in [0.25, 0.3) is 10.9 Å². The third-order valence-electron chi connectivity index (χ3n) is 4.00. The molecule has 0 aliphatic carbocycles. The first-order valence-corrected chi connectivity index (χ1v) is 9.77. The average molecular weight is 382 g/mol. The molecule has 0 radical (unpaired) electrons. The molecule has 0 unspecified atom stereocenters. The lowest BCUT2D eigenvalue weighted by molar-refractivity contribution is 0.206. The Bertz CT molecular complexity index is 959.